The van der Waals surface area contributed by atoms with Gasteiger partial charge in [-0.15, -0.1) is 5.92 Å². The van der Waals surface area contributed by atoms with E-state index in [-0.39, 0.29) is 12.9 Å². The molecule has 12 heavy (non-hydrogen) atoms. The minimum absolute atomic E-state index is 0.130. The maximum Gasteiger partial charge on any atom is 0.148 e. The van der Waals surface area contributed by atoms with Crippen LogP contribution in [0, 0.1) is 11.8 Å². The highest BCUT2D eigenvalue weighted by molar-refractivity contribution is 5.11. The standard InChI is InChI=1S/C10H16O2/c1-4-6-8-10(7-5-2)12-9-11-3/h6,8,10H,4,9H2,1-3H3/b8-6+. The first-order valence-electron chi connectivity index (χ1n) is 4.04. The molecule has 0 heterocycles. The predicted octanol–water partition coefficient (Wildman–Crippen LogP) is 1.96. The van der Waals surface area contributed by atoms with Gasteiger partial charge < -0.3 is 9.47 Å². The van der Waals surface area contributed by atoms with E-state index in [1.54, 1.807) is 14.0 Å². The zero-order chi connectivity index (χ0) is 9.23. The van der Waals surface area contributed by atoms with Crippen LogP contribution in [0.1, 0.15) is 20.3 Å². The van der Waals surface area contributed by atoms with Crippen molar-refractivity contribution in [2.75, 3.05) is 13.9 Å². The molecule has 0 fully saturated rings. The van der Waals surface area contributed by atoms with Gasteiger partial charge >= 0.3 is 0 Å². The molecule has 0 aliphatic rings. The van der Waals surface area contributed by atoms with E-state index in [1.807, 2.05) is 12.2 Å². The Bertz CT molecular complexity index is 174. The van der Waals surface area contributed by atoms with Crippen molar-refractivity contribution >= 4 is 0 Å². The smallest absolute Gasteiger partial charge is 0.148 e. The Morgan fingerprint density at radius 2 is 2.25 bits per heavy atom. The maximum absolute atomic E-state index is 5.25. The number of ether oxygens (including phenoxy) is 2. The number of rotatable bonds is 5. The highest BCUT2D eigenvalue weighted by atomic mass is 16.7. The van der Waals surface area contributed by atoms with Gasteiger partial charge in [-0.25, -0.2) is 0 Å². The SMILES string of the molecule is CC#CC(/C=C/CC)OCOC. The molecular weight excluding hydrogens is 152 g/mol. The van der Waals surface area contributed by atoms with Crippen molar-refractivity contribution in [2.24, 2.45) is 0 Å². The summed E-state index contributed by atoms with van der Waals surface area (Å²) in [7, 11) is 1.60. The largest absolute Gasteiger partial charge is 0.359 e. The van der Waals surface area contributed by atoms with Gasteiger partial charge in [0.1, 0.15) is 12.9 Å². The van der Waals surface area contributed by atoms with Crippen molar-refractivity contribution < 1.29 is 9.47 Å². The Labute approximate surface area is 74.6 Å². The second-order valence-corrected chi connectivity index (χ2v) is 2.22. The number of hydrogen-bond acceptors (Lipinski definition) is 2. The molecule has 0 aliphatic heterocycles. The molecule has 2 nitrogen and oxygen atoms in total. The highest BCUT2D eigenvalue weighted by Crippen LogP contribution is 1.94. The number of hydrogen-bond donors (Lipinski definition) is 0. The Morgan fingerprint density at radius 1 is 1.50 bits per heavy atom. The molecule has 0 rings (SSSR count). The molecule has 0 aliphatic carbocycles. The van der Waals surface area contributed by atoms with E-state index in [0.717, 1.165) is 6.42 Å². The molecule has 0 saturated heterocycles. The predicted molar refractivity (Wildman–Crippen MR) is 49.6 cm³/mol. The van der Waals surface area contributed by atoms with E-state index in [4.69, 9.17) is 9.47 Å². The van der Waals surface area contributed by atoms with Crippen LogP contribution in [0.3, 0.4) is 0 Å². The first kappa shape index (κ1) is 11.2. The van der Waals surface area contributed by atoms with Crippen molar-refractivity contribution in [1.29, 1.82) is 0 Å². The van der Waals surface area contributed by atoms with Crippen molar-refractivity contribution in [3.05, 3.63) is 12.2 Å². The van der Waals surface area contributed by atoms with Crippen LogP contribution in [0.5, 0.6) is 0 Å². The maximum atomic E-state index is 5.25. The molecule has 0 saturated carbocycles. The van der Waals surface area contributed by atoms with Crippen molar-refractivity contribution in [1.82, 2.24) is 0 Å². The van der Waals surface area contributed by atoms with E-state index in [9.17, 15) is 0 Å². The summed E-state index contributed by atoms with van der Waals surface area (Å²) >= 11 is 0. The topological polar surface area (TPSA) is 18.5 Å². The van der Waals surface area contributed by atoms with Crippen molar-refractivity contribution in [3.8, 4) is 11.8 Å². The van der Waals surface area contributed by atoms with Gasteiger partial charge in [0, 0.05) is 7.11 Å². The van der Waals surface area contributed by atoms with E-state index in [0.29, 0.717) is 0 Å². The fourth-order valence-electron chi connectivity index (χ4n) is 0.689. The molecule has 0 radical (unpaired) electrons. The average Bonchev–Trinajstić information content (AvgIpc) is 2.10. The molecule has 1 atom stereocenters. The Kier molecular flexibility index (Phi) is 7.78. The molecule has 0 spiro atoms. The summed E-state index contributed by atoms with van der Waals surface area (Å²) in [5, 5.41) is 0. The van der Waals surface area contributed by atoms with Gasteiger partial charge in [0.05, 0.1) is 0 Å². The first-order chi connectivity index (χ1) is 5.85. The molecule has 0 amide bonds. The van der Waals surface area contributed by atoms with E-state index >= 15 is 0 Å². The Morgan fingerprint density at radius 3 is 2.75 bits per heavy atom. The molecule has 1 unspecified atom stereocenters. The summed E-state index contributed by atoms with van der Waals surface area (Å²) in [5.74, 6) is 5.72. The van der Waals surface area contributed by atoms with E-state index in [2.05, 4.69) is 18.8 Å². The third kappa shape index (κ3) is 5.96. The summed E-state index contributed by atoms with van der Waals surface area (Å²) in [6.07, 6.45) is 4.84. The molecule has 68 valence electrons. The number of allylic oxidation sites excluding steroid dienone is 1. The summed E-state index contributed by atoms with van der Waals surface area (Å²) in [6.45, 7) is 4.15. The van der Waals surface area contributed by atoms with Gasteiger partial charge in [0.2, 0.25) is 0 Å². The fourth-order valence-corrected chi connectivity index (χ4v) is 0.689. The summed E-state index contributed by atoms with van der Waals surface area (Å²) < 4.78 is 10.0. The second kappa shape index (κ2) is 8.32. The van der Waals surface area contributed by atoms with Crippen molar-refractivity contribution in [3.63, 3.8) is 0 Å². The van der Waals surface area contributed by atoms with Gasteiger partial charge in [0.15, 0.2) is 0 Å². The van der Waals surface area contributed by atoms with Gasteiger partial charge in [-0.1, -0.05) is 18.9 Å². The second-order valence-electron chi connectivity index (χ2n) is 2.22. The van der Waals surface area contributed by atoms with Crippen LogP contribution in [0.4, 0.5) is 0 Å². The monoisotopic (exact) mass is 168 g/mol. The average molecular weight is 168 g/mol. The lowest BCUT2D eigenvalue weighted by Gasteiger charge is -2.05. The molecule has 0 aromatic heterocycles. The minimum Gasteiger partial charge on any atom is -0.359 e. The van der Waals surface area contributed by atoms with Gasteiger partial charge in [-0.3, -0.25) is 0 Å². The number of methoxy groups -OCH3 is 1. The lowest BCUT2D eigenvalue weighted by Crippen LogP contribution is -2.09. The Hall–Kier alpha value is -0.780. The molecule has 2 heteroatoms. The van der Waals surface area contributed by atoms with Crippen LogP contribution in [0.2, 0.25) is 0 Å². The van der Waals surface area contributed by atoms with Gasteiger partial charge in [-0.2, -0.15) is 0 Å². The summed E-state index contributed by atoms with van der Waals surface area (Å²) in [6, 6.07) is 0. The molecule has 0 N–H and O–H groups in total. The fraction of sp³-hybridized carbons (Fsp3) is 0.600. The van der Waals surface area contributed by atoms with Crippen LogP contribution >= 0.6 is 0 Å². The lowest BCUT2D eigenvalue weighted by atomic mass is 10.3. The van der Waals surface area contributed by atoms with E-state index < -0.39 is 0 Å². The zero-order valence-corrected chi connectivity index (χ0v) is 7.96. The van der Waals surface area contributed by atoms with Gasteiger partial charge in [-0.05, 0) is 19.4 Å². The molecular formula is C10H16O2. The molecule has 0 aromatic rings. The van der Waals surface area contributed by atoms with Crippen LogP contribution in [-0.2, 0) is 9.47 Å². The van der Waals surface area contributed by atoms with Crippen LogP contribution in [-0.4, -0.2) is 20.0 Å². The zero-order valence-electron chi connectivity index (χ0n) is 7.96. The summed E-state index contributed by atoms with van der Waals surface area (Å²) in [4.78, 5) is 0. The van der Waals surface area contributed by atoms with Crippen LogP contribution in [0.25, 0.3) is 0 Å². The third-order valence-corrected chi connectivity index (χ3v) is 1.20. The van der Waals surface area contributed by atoms with Crippen molar-refractivity contribution in [2.45, 2.75) is 26.4 Å². The quantitative estimate of drug-likeness (QED) is 0.355. The van der Waals surface area contributed by atoms with Gasteiger partial charge in [0.25, 0.3) is 0 Å². The third-order valence-electron chi connectivity index (χ3n) is 1.20. The van der Waals surface area contributed by atoms with Crippen LogP contribution < -0.4 is 0 Å². The molecule has 0 aromatic carbocycles. The highest BCUT2D eigenvalue weighted by Gasteiger charge is 1.97. The minimum atomic E-state index is -0.130. The Balaban J connectivity index is 3.83. The van der Waals surface area contributed by atoms with Crippen LogP contribution in [0.15, 0.2) is 12.2 Å². The summed E-state index contributed by atoms with van der Waals surface area (Å²) in [5.41, 5.74) is 0. The first-order valence-corrected chi connectivity index (χ1v) is 4.04. The normalized spacial score (nSPS) is 12.6. The molecule has 0 bridgehead atoms. The lowest BCUT2D eigenvalue weighted by molar-refractivity contribution is -0.0384. The van der Waals surface area contributed by atoms with E-state index in [1.165, 1.54) is 0 Å².